The molecule has 0 radical (unpaired) electrons. The molecule has 0 saturated carbocycles. The van der Waals surface area contributed by atoms with Crippen molar-refractivity contribution in [3.8, 4) is 6.07 Å². The number of nitrogens with zero attached hydrogens (tertiary/aromatic N) is 2. The number of hydrogen-bond acceptors (Lipinski definition) is 5. The predicted molar refractivity (Wildman–Crippen MR) is 164 cm³/mol. The molecular weight excluding hydrogens is 601 g/mol. The molecule has 5 rings (SSSR count). The molecule has 1 unspecified atom stereocenters. The van der Waals surface area contributed by atoms with Crippen LogP contribution in [0.5, 0.6) is 0 Å². The molecule has 6 heteroatoms. The van der Waals surface area contributed by atoms with Gasteiger partial charge in [0.15, 0.2) is 5.78 Å². The highest BCUT2D eigenvalue weighted by Gasteiger charge is 2.41. The van der Waals surface area contributed by atoms with Gasteiger partial charge in [0, 0.05) is 37.6 Å². The molecule has 0 saturated heterocycles. The average molecular weight is 632 g/mol. The molecule has 1 aliphatic carbocycles. The Labute approximate surface area is 242 Å². The third kappa shape index (κ3) is 4.90. The van der Waals surface area contributed by atoms with Crippen LogP contribution in [0.25, 0.3) is 0 Å². The minimum Gasteiger partial charge on any atom is -0.384 e. The number of allylic oxidation sites excluding steroid dienone is 3. The summed E-state index contributed by atoms with van der Waals surface area (Å²) >= 11 is 4.09. The van der Waals surface area contributed by atoms with E-state index in [9.17, 15) is 10.1 Å². The number of benzene rings is 3. The summed E-state index contributed by atoms with van der Waals surface area (Å²) < 4.78 is 1.12. The van der Waals surface area contributed by atoms with Crippen LogP contribution in [0.1, 0.15) is 53.0 Å². The lowest BCUT2D eigenvalue weighted by Crippen LogP contribution is -2.39. The van der Waals surface area contributed by atoms with Gasteiger partial charge < -0.3 is 5.73 Å². The number of thioether (sulfide) groups is 1. The number of Topliss-reactive ketones (excluding diaryl/α,β-unsaturated/α-hetero) is 1. The van der Waals surface area contributed by atoms with Gasteiger partial charge in [0.1, 0.15) is 5.82 Å². The highest BCUT2D eigenvalue weighted by atomic mass is 127. The number of halogens is 1. The third-order valence-corrected chi connectivity index (χ3v) is 9.43. The first-order valence-electron chi connectivity index (χ1n) is 12.8. The minimum atomic E-state index is -0.454. The van der Waals surface area contributed by atoms with E-state index in [1.165, 1.54) is 16.0 Å². The number of hydrogen-bond donors (Lipinski definition) is 1. The molecule has 192 valence electrons. The molecule has 0 amide bonds. The Morgan fingerprint density at radius 3 is 2.53 bits per heavy atom. The van der Waals surface area contributed by atoms with E-state index in [2.05, 4.69) is 85.8 Å². The Balaban J connectivity index is 1.64. The summed E-state index contributed by atoms with van der Waals surface area (Å²) in [6.45, 7) is 6.34. The molecule has 3 aromatic carbocycles. The molecule has 0 bridgehead atoms. The summed E-state index contributed by atoms with van der Waals surface area (Å²) in [5, 5.41) is 10.4. The fraction of sp³-hybridized carbons (Fsp3) is 0.250. The van der Waals surface area contributed by atoms with E-state index in [4.69, 9.17) is 5.73 Å². The maximum Gasteiger partial charge on any atom is 0.161 e. The van der Waals surface area contributed by atoms with E-state index >= 15 is 0 Å². The zero-order valence-corrected chi connectivity index (χ0v) is 24.8. The molecule has 1 atom stereocenters. The van der Waals surface area contributed by atoms with Gasteiger partial charge in [-0.2, -0.15) is 5.26 Å². The molecule has 0 aromatic heterocycles. The molecule has 1 aliphatic heterocycles. The maximum atomic E-state index is 13.6. The normalized spacial score (nSPS) is 17.5. The Hall–Kier alpha value is -3.02. The molecule has 0 spiro atoms. The molecule has 2 aliphatic rings. The second-order valence-corrected chi connectivity index (χ2v) is 12.2. The third-order valence-electron chi connectivity index (χ3n) is 7.49. The first-order valence-corrected chi connectivity index (χ1v) is 14.9. The maximum absolute atomic E-state index is 13.6. The molecule has 0 fully saturated rings. The first kappa shape index (κ1) is 26.6. The number of nitriles is 1. The zero-order valence-electron chi connectivity index (χ0n) is 21.8. The highest BCUT2D eigenvalue weighted by molar-refractivity contribution is 14.1. The Kier molecular flexibility index (Phi) is 7.69. The number of ketones is 1. The molecular formula is C32H30IN3OS. The Bertz CT molecular complexity index is 1530. The van der Waals surface area contributed by atoms with Gasteiger partial charge in [0.25, 0.3) is 0 Å². The SMILES string of the molecule is Cc1cc(CSc2ccccc2C)c(C)c(C2C(C#N)=C(N)N(c3ccc(I)cc3)C3=C2C(=O)CCC3)c1. The van der Waals surface area contributed by atoms with Crippen LogP contribution in [-0.4, -0.2) is 5.78 Å². The van der Waals surface area contributed by atoms with Crippen molar-refractivity contribution in [1.29, 1.82) is 5.26 Å². The standard InChI is InChI=1S/C32H30IN3OS/c1-19-15-22(18-38-29-10-5-4-7-20(29)2)21(3)25(16-19)30-26(17-34)32(35)36(24-13-11-23(33)12-14-24)27-8-6-9-28(37)31(27)30/h4-5,7,10-16,30H,6,8-9,18,35H2,1-3H3. The monoisotopic (exact) mass is 631 g/mol. The lowest BCUT2D eigenvalue weighted by Gasteiger charge is -2.40. The number of aryl methyl sites for hydroxylation is 2. The van der Waals surface area contributed by atoms with Crippen molar-refractivity contribution in [3.05, 3.63) is 115 Å². The summed E-state index contributed by atoms with van der Waals surface area (Å²) in [6.07, 6.45) is 2.03. The van der Waals surface area contributed by atoms with Gasteiger partial charge in [-0.05, 0) is 109 Å². The van der Waals surface area contributed by atoms with Crippen molar-refractivity contribution in [1.82, 2.24) is 0 Å². The summed E-state index contributed by atoms with van der Waals surface area (Å²) in [7, 11) is 0. The van der Waals surface area contributed by atoms with Crippen LogP contribution in [0.2, 0.25) is 0 Å². The van der Waals surface area contributed by atoms with Gasteiger partial charge >= 0.3 is 0 Å². The Morgan fingerprint density at radius 2 is 1.82 bits per heavy atom. The fourth-order valence-corrected chi connectivity index (χ4v) is 7.01. The summed E-state index contributed by atoms with van der Waals surface area (Å²) in [4.78, 5) is 16.8. The van der Waals surface area contributed by atoms with Gasteiger partial charge in [-0.15, -0.1) is 11.8 Å². The molecule has 1 heterocycles. The molecule has 38 heavy (non-hydrogen) atoms. The lowest BCUT2D eigenvalue weighted by atomic mass is 9.73. The number of nitrogens with two attached hydrogens (primary N) is 1. The van der Waals surface area contributed by atoms with Gasteiger partial charge in [0.2, 0.25) is 0 Å². The van der Waals surface area contributed by atoms with Crippen LogP contribution in [0.3, 0.4) is 0 Å². The smallest absolute Gasteiger partial charge is 0.161 e. The van der Waals surface area contributed by atoms with E-state index < -0.39 is 5.92 Å². The largest absolute Gasteiger partial charge is 0.384 e. The predicted octanol–water partition coefficient (Wildman–Crippen LogP) is 7.81. The van der Waals surface area contributed by atoms with Gasteiger partial charge in [-0.3, -0.25) is 9.69 Å². The zero-order chi connectivity index (χ0) is 27.0. The van der Waals surface area contributed by atoms with E-state index in [-0.39, 0.29) is 5.78 Å². The molecule has 2 N–H and O–H groups in total. The van der Waals surface area contributed by atoms with Crippen molar-refractivity contribution in [2.45, 2.75) is 56.6 Å². The fourth-order valence-electron chi connectivity index (χ4n) is 5.57. The van der Waals surface area contributed by atoms with Crippen molar-refractivity contribution in [2.75, 3.05) is 4.90 Å². The second-order valence-electron chi connectivity index (χ2n) is 9.99. The van der Waals surface area contributed by atoms with E-state index in [0.717, 1.165) is 55.8 Å². The topological polar surface area (TPSA) is 70.1 Å². The van der Waals surface area contributed by atoms with Gasteiger partial charge in [-0.1, -0.05) is 35.9 Å². The van der Waals surface area contributed by atoms with Gasteiger partial charge in [0.05, 0.1) is 17.6 Å². The number of carbonyl (C=O) groups excluding carboxylic acids is 1. The van der Waals surface area contributed by atoms with Crippen LogP contribution in [-0.2, 0) is 10.5 Å². The van der Waals surface area contributed by atoms with Crippen molar-refractivity contribution in [2.24, 2.45) is 5.73 Å². The van der Waals surface area contributed by atoms with Crippen molar-refractivity contribution < 1.29 is 4.79 Å². The van der Waals surface area contributed by atoms with Crippen molar-refractivity contribution in [3.63, 3.8) is 0 Å². The van der Waals surface area contributed by atoms with E-state index in [1.54, 1.807) is 0 Å². The average Bonchev–Trinajstić information content (AvgIpc) is 2.90. The van der Waals surface area contributed by atoms with Crippen LogP contribution in [0, 0.1) is 35.7 Å². The van der Waals surface area contributed by atoms with Crippen LogP contribution >= 0.6 is 34.4 Å². The second kappa shape index (κ2) is 11.0. The highest BCUT2D eigenvalue weighted by Crippen LogP contribution is 2.47. The van der Waals surface area contributed by atoms with E-state index in [0.29, 0.717) is 17.8 Å². The van der Waals surface area contributed by atoms with Crippen molar-refractivity contribution >= 4 is 45.8 Å². The minimum absolute atomic E-state index is 0.115. The summed E-state index contributed by atoms with van der Waals surface area (Å²) in [6, 6.07) is 23.3. The Morgan fingerprint density at radius 1 is 1.08 bits per heavy atom. The lowest BCUT2D eigenvalue weighted by molar-refractivity contribution is -0.116. The number of carbonyl (C=O) groups is 1. The number of rotatable bonds is 5. The quantitative estimate of drug-likeness (QED) is 0.230. The summed E-state index contributed by atoms with van der Waals surface area (Å²) in [5.74, 6) is 0.894. The van der Waals surface area contributed by atoms with Gasteiger partial charge in [-0.25, -0.2) is 0 Å². The van der Waals surface area contributed by atoms with Crippen LogP contribution < -0.4 is 10.6 Å². The molecule has 4 nitrogen and oxygen atoms in total. The van der Waals surface area contributed by atoms with Crippen LogP contribution in [0.15, 0.2) is 88.2 Å². The first-order chi connectivity index (χ1) is 18.3. The molecule has 3 aromatic rings. The summed E-state index contributed by atoms with van der Waals surface area (Å²) in [5.41, 5.74) is 15.5. The van der Waals surface area contributed by atoms with E-state index in [1.807, 2.05) is 40.9 Å². The van der Waals surface area contributed by atoms with Crippen LogP contribution in [0.4, 0.5) is 5.69 Å². The number of anilines is 1.